The average Bonchev–Trinajstić information content (AvgIpc) is 1.61. The van der Waals surface area contributed by atoms with Gasteiger partial charge in [-0.25, -0.2) is 4.70 Å². The number of benzene rings is 2. The number of allylic oxidation sites excluding steroid dienone is 4. The van der Waals surface area contributed by atoms with Crippen LogP contribution >= 0.6 is 0 Å². The predicted molar refractivity (Wildman–Crippen MR) is 483 cm³/mol. The van der Waals surface area contributed by atoms with Crippen LogP contribution in [-0.2, 0) is 33.3 Å². The molecule has 0 spiro atoms. The smallest absolute Gasteiger partial charge is 0.493 e. The van der Waals surface area contributed by atoms with Crippen LogP contribution in [0.4, 0.5) is 0 Å². The van der Waals surface area contributed by atoms with Crippen LogP contribution in [0, 0.1) is 41.5 Å². The van der Waals surface area contributed by atoms with Crippen molar-refractivity contribution in [1.82, 2.24) is 0 Å². The molecule has 1 heterocycles. The van der Waals surface area contributed by atoms with Crippen LogP contribution in [0.3, 0.4) is 0 Å². The summed E-state index contributed by atoms with van der Waals surface area (Å²) < 4.78 is 1.60. The first kappa shape index (κ1) is 105. The fourth-order valence-electron chi connectivity index (χ4n) is 16.7. The third kappa shape index (κ3) is 58.4. The van der Waals surface area contributed by atoms with Gasteiger partial charge in [0.1, 0.15) is 0 Å². The van der Waals surface area contributed by atoms with Crippen LogP contribution in [0.15, 0.2) is 47.6 Å². The summed E-state index contributed by atoms with van der Waals surface area (Å²) in [6.45, 7) is 30.8. The third-order valence-corrected chi connectivity index (χ3v) is 23.8. The zero-order valence-corrected chi connectivity index (χ0v) is 76.0. The summed E-state index contributed by atoms with van der Waals surface area (Å²) >= 11 is 0. The summed E-state index contributed by atoms with van der Waals surface area (Å²) in [6.07, 6.45) is 107. The Morgan fingerprint density at radius 2 is 0.467 bits per heavy atom. The summed E-state index contributed by atoms with van der Waals surface area (Å²) in [4.78, 5) is 0. The first-order valence-corrected chi connectivity index (χ1v) is 48.5. The molecule has 0 saturated heterocycles. The van der Waals surface area contributed by atoms with E-state index in [4.69, 9.17) is 0 Å². The predicted octanol–water partition coefficient (Wildman–Crippen LogP) is 37.6. The number of nitrogens with zero attached hydrogens (tertiary/aromatic N) is 2. The van der Waals surface area contributed by atoms with Crippen molar-refractivity contribution >= 4 is 11.4 Å². The molecule has 0 bridgehead atoms. The monoisotopic (exact) mass is 1570 g/mol. The third-order valence-electron chi connectivity index (χ3n) is 23.8. The summed E-state index contributed by atoms with van der Waals surface area (Å²) in [5.74, 6) is 0. The van der Waals surface area contributed by atoms with E-state index in [9.17, 15) is 5.53 Å². The molecule has 1 aliphatic rings. The molecule has 3 heteroatoms. The van der Waals surface area contributed by atoms with Crippen LogP contribution in [-0.4, -0.2) is 4.70 Å². The first-order chi connectivity index (χ1) is 52.1. The molecule has 0 fully saturated rings. The maximum absolute atomic E-state index is 12.6. The number of hydrogen-bond acceptors (Lipinski definition) is 0. The second-order valence-corrected chi connectivity index (χ2v) is 34.1. The fourth-order valence-corrected chi connectivity index (χ4v) is 16.7. The minimum atomic E-state index is 0. The van der Waals surface area contributed by atoms with Crippen LogP contribution < -0.4 is 0 Å². The maximum atomic E-state index is 12.6. The molecule has 0 unspecified atom stereocenters. The molecule has 624 valence electrons. The van der Waals surface area contributed by atoms with Gasteiger partial charge in [0.05, 0.1) is 5.57 Å². The topological polar surface area (TPSA) is 25.3 Å². The summed E-state index contributed by atoms with van der Waals surface area (Å²) in [5.41, 5.74) is 27.8. The van der Waals surface area contributed by atoms with Gasteiger partial charge in [-0.05, 0) is 137 Å². The van der Waals surface area contributed by atoms with Gasteiger partial charge in [-0.3, -0.25) is 0 Å². The van der Waals surface area contributed by atoms with Gasteiger partial charge in [-0.2, -0.15) is 12.8 Å². The summed E-state index contributed by atoms with van der Waals surface area (Å²) in [6, 6.07) is 9.53. The molecule has 0 atom stereocenters. The molecule has 0 aromatic heterocycles. The maximum Gasteiger partial charge on any atom is 2.00 e. The van der Waals surface area contributed by atoms with Gasteiger partial charge in [0.15, 0.2) is 0 Å². The molecule has 2 aromatic rings. The minimum absolute atomic E-state index is 0. The Morgan fingerprint density at radius 3 is 0.701 bits per heavy atom. The Kier molecular flexibility index (Phi) is 79.0. The largest absolute Gasteiger partial charge is 2.00 e. The normalized spacial score (nSPS) is 12.3. The zero-order chi connectivity index (χ0) is 77.1. The van der Waals surface area contributed by atoms with Crippen molar-refractivity contribution in [2.24, 2.45) is 0 Å². The number of rotatable bonds is 75. The Hall–Kier alpha value is -2.08. The standard InChI is InChI=1S/C66H110N2.2C19H39.Pd/c1-9-13-17-20-23-24-25-26-27-28-29-30-31-32-33-34-35-36-37-38-39-40-43-46-50-64-63(47-16-12-4)65(59-51-55(5)61(56(6)52-59)48-44-41-21-18-14-10-2)68(67)66(64)60-53-57(7)62(58(8)54-60)49-45-42-22-19-15-11-3;2*1-3-5-7-9-11-13-15-17-19-18-16-14-12-10-8-6-4-2;/h46,50-54H,9-45,47-49H2,1-8H3;2*1,3-19H2,2H3;/q;2*-1;+2. The van der Waals surface area contributed by atoms with E-state index in [-0.39, 0.29) is 20.4 Å². The van der Waals surface area contributed by atoms with Crippen molar-refractivity contribution in [1.29, 1.82) is 0 Å². The van der Waals surface area contributed by atoms with Gasteiger partial charge < -0.3 is 19.4 Å². The first-order valence-electron chi connectivity index (χ1n) is 48.5. The van der Waals surface area contributed by atoms with E-state index in [0.717, 1.165) is 73.9 Å². The van der Waals surface area contributed by atoms with E-state index in [2.05, 4.69) is 120 Å². The zero-order valence-electron chi connectivity index (χ0n) is 74.4. The van der Waals surface area contributed by atoms with Crippen LogP contribution in [0.1, 0.15) is 548 Å². The molecule has 2 aromatic carbocycles. The van der Waals surface area contributed by atoms with Crippen molar-refractivity contribution in [2.75, 3.05) is 0 Å². The SMILES string of the molecule is CCCCCCCCCCCCCCCCCCCCCCCCC=CC1=C(c2cc(C)c(CCCCCCCC)c(C)c2)[N+](=[N-])C(c2cc(C)c(CCCCCCCC)c(C)c2)=C1CCCC.[CH2-]CCCCCCCCCCCCCCCCCC.[CH2-]CCCCCCCCCCCCCCCCCC.[Pd+2]. The van der Waals surface area contributed by atoms with E-state index in [0.29, 0.717) is 0 Å². The number of aryl methyl sites for hydroxylation is 4. The second-order valence-electron chi connectivity index (χ2n) is 34.1. The van der Waals surface area contributed by atoms with Gasteiger partial charge in [0, 0.05) is 16.7 Å². The number of hydrogen-bond donors (Lipinski definition) is 0. The molecule has 2 nitrogen and oxygen atoms in total. The number of unbranched alkanes of at least 4 members (excludes halogenated alkanes) is 65. The van der Waals surface area contributed by atoms with Gasteiger partial charge >= 0.3 is 20.4 Å². The Balaban J connectivity index is 0.00000234. The van der Waals surface area contributed by atoms with E-state index < -0.39 is 0 Å². The minimum Gasteiger partial charge on any atom is -0.493 e. The average molecular weight is 1570 g/mol. The van der Waals surface area contributed by atoms with Crippen molar-refractivity contribution in [3.05, 3.63) is 111 Å². The van der Waals surface area contributed by atoms with Crippen LogP contribution in [0.5, 0.6) is 0 Å². The summed E-state index contributed by atoms with van der Waals surface area (Å²) in [5, 5.41) is 0. The van der Waals surface area contributed by atoms with Crippen molar-refractivity contribution in [2.45, 2.75) is 544 Å². The van der Waals surface area contributed by atoms with Gasteiger partial charge in [0.25, 0.3) is 0 Å². The van der Waals surface area contributed by atoms with Gasteiger partial charge in [0.2, 0.25) is 11.4 Å². The second kappa shape index (κ2) is 80.5. The Labute approximate surface area is 687 Å². The molecule has 0 N–H and O–H groups in total. The van der Waals surface area contributed by atoms with E-state index >= 15 is 0 Å². The van der Waals surface area contributed by atoms with Gasteiger partial charge in [-0.15, -0.1) is 0 Å². The molecular weight excluding hydrogens is 1380 g/mol. The van der Waals surface area contributed by atoms with Crippen molar-refractivity contribution < 1.29 is 25.1 Å². The molecule has 107 heavy (non-hydrogen) atoms. The molecule has 1 aliphatic heterocycles. The van der Waals surface area contributed by atoms with E-state index in [1.807, 2.05) is 0 Å². The fraction of sp³-hybridized carbons (Fsp3) is 0.808. The molecular formula is C104H188N2Pd. The molecule has 0 amide bonds. The Morgan fingerprint density at radius 1 is 0.262 bits per heavy atom. The molecule has 3 rings (SSSR count). The van der Waals surface area contributed by atoms with Crippen molar-refractivity contribution in [3.63, 3.8) is 0 Å². The van der Waals surface area contributed by atoms with Crippen LogP contribution in [0.2, 0.25) is 0 Å². The summed E-state index contributed by atoms with van der Waals surface area (Å²) in [7, 11) is 0. The van der Waals surface area contributed by atoms with E-state index in [1.54, 1.807) is 4.70 Å². The molecule has 0 saturated carbocycles. The molecule has 0 radical (unpaired) electrons. The quantitative estimate of drug-likeness (QED) is 0.0273. The van der Waals surface area contributed by atoms with Crippen molar-refractivity contribution in [3.8, 4) is 0 Å². The Bertz CT molecular complexity index is 2230. The van der Waals surface area contributed by atoms with Gasteiger partial charge in [-0.1, -0.05) is 465 Å². The van der Waals surface area contributed by atoms with Crippen LogP contribution in [0.25, 0.3) is 16.9 Å². The van der Waals surface area contributed by atoms with E-state index in [1.165, 1.54) is 468 Å². The molecule has 0 aliphatic carbocycles.